The molecule has 2 aliphatic heterocycles. The standard InChI is InChI=1S/C18H17N5/c1-13-15-10-18(11-19,12-20)16-8-5-9-22(16)17(15)23(21-13)14-6-3-2-4-7-14/h2-4,6-7,16H,5,8-10H2,1H3. The Kier molecular flexibility index (Phi) is 2.92. The fourth-order valence-electron chi connectivity index (χ4n) is 3.98. The van der Waals surface area contributed by atoms with Crippen LogP contribution in [0, 0.1) is 35.0 Å². The Morgan fingerprint density at radius 2 is 1.96 bits per heavy atom. The minimum absolute atomic E-state index is 0.0384. The number of nitriles is 2. The third kappa shape index (κ3) is 1.80. The zero-order valence-corrected chi connectivity index (χ0v) is 13.0. The van der Waals surface area contributed by atoms with Crippen molar-refractivity contribution >= 4 is 5.82 Å². The topological polar surface area (TPSA) is 68.6 Å². The van der Waals surface area contributed by atoms with Gasteiger partial charge in [-0.25, -0.2) is 4.68 Å². The average Bonchev–Trinajstić information content (AvgIpc) is 3.20. The summed E-state index contributed by atoms with van der Waals surface area (Å²) in [5.41, 5.74) is 2.00. The van der Waals surface area contributed by atoms with Gasteiger partial charge in [-0.05, 0) is 31.9 Å². The molecule has 1 saturated heterocycles. The number of fused-ring (bicyclic) bond motifs is 3. The van der Waals surface area contributed by atoms with E-state index in [0.29, 0.717) is 6.42 Å². The molecule has 1 unspecified atom stereocenters. The van der Waals surface area contributed by atoms with Crippen molar-refractivity contribution in [2.45, 2.75) is 32.2 Å². The molecular weight excluding hydrogens is 286 g/mol. The van der Waals surface area contributed by atoms with Crippen LogP contribution in [0.3, 0.4) is 0 Å². The molecule has 23 heavy (non-hydrogen) atoms. The van der Waals surface area contributed by atoms with E-state index in [1.54, 1.807) is 0 Å². The molecular formula is C18H17N5. The number of para-hydroxylation sites is 1. The second-order valence-electron chi connectivity index (χ2n) is 6.36. The van der Waals surface area contributed by atoms with E-state index < -0.39 is 5.41 Å². The molecule has 0 amide bonds. The van der Waals surface area contributed by atoms with Crippen LogP contribution in [-0.2, 0) is 6.42 Å². The van der Waals surface area contributed by atoms with Crippen LogP contribution in [0.15, 0.2) is 30.3 Å². The van der Waals surface area contributed by atoms with E-state index >= 15 is 0 Å². The first-order valence-electron chi connectivity index (χ1n) is 7.93. The SMILES string of the molecule is Cc1nn(-c2ccccc2)c2c1CC(C#N)(C#N)C1CCCN21. The number of aromatic nitrogens is 2. The van der Waals surface area contributed by atoms with Gasteiger partial charge in [0, 0.05) is 18.5 Å². The predicted octanol–water partition coefficient (Wildman–Crippen LogP) is 2.74. The Hall–Kier alpha value is -2.79. The smallest absolute Gasteiger partial charge is 0.168 e. The zero-order chi connectivity index (χ0) is 16.0. The molecule has 0 radical (unpaired) electrons. The summed E-state index contributed by atoms with van der Waals surface area (Å²) in [6.45, 7) is 2.84. The molecule has 0 saturated carbocycles. The predicted molar refractivity (Wildman–Crippen MR) is 86.0 cm³/mol. The highest BCUT2D eigenvalue weighted by atomic mass is 15.4. The summed E-state index contributed by atoms with van der Waals surface area (Å²) < 4.78 is 1.97. The van der Waals surface area contributed by atoms with Gasteiger partial charge in [0.1, 0.15) is 5.82 Å². The largest absolute Gasteiger partial charge is 0.351 e. The lowest BCUT2D eigenvalue weighted by Gasteiger charge is -2.39. The lowest BCUT2D eigenvalue weighted by Crippen LogP contribution is -2.48. The second-order valence-corrected chi connectivity index (χ2v) is 6.36. The quantitative estimate of drug-likeness (QED) is 0.812. The summed E-state index contributed by atoms with van der Waals surface area (Å²) >= 11 is 0. The maximum absolute atomic E-state index is 9.70. The van der Waals surface area contributed by atoms with Crippen molar-refractivity contribution in [3.05, 3.63) is 41.6 Å². The molecule has 5 heteroatoms. The van der Waals surface area contributed by atoms with Gasteiger partial charge in [0.25, 0.3) is 0 Å². The fraction of sp³-hybridized carbons (Fsp3) is 0.389. The molecule has 3 heterocycles. The summed E-state index contributed by atoms with van der Waals surface area (Å²) in [4.78, 5) is 2.23. The monoisotopic (exact) mass is 303 g/mol. The second kappa shape index (κ2) is 4.86. The molecule has 2 aliphatic rings. The highest BCUT2D eigenvalue weighted by molar-refractivity contribution is 5.61. The molecule has 1 atom stereocenters. The third-order valence-corrected chi connectivity index (χ3v) is 5.11. The van der Waals surface area contributed by atoms with Crippen LogP contribution < -0.4 is 4.90 Å². The number of aryl methyl sites for hydroxylation is 1. The van der Waals surface area contributed by atoms with E-state index in [0.717, 1.165) is 42.1 Å². The van der Waals surface area contributed by atoms with E-state index in [-0.39, 0.29) is 6.04 Å². The molecule has 5 nitrogen and oxygen atoms in total. The highest BCUT2D eigenvalue weighted by Gasteiger charge is 2.51. The molecule has 114 valence electrons. The minimum Gasteiger partial charge on any atom is -0.351 e. The van der Waals surface area contributed by atoms with Crippen molar-refractivity contribution < 1.29 is 0 Å². The molecule has 1 fully saturated rings. The number of nitrogens with zero attached hydrogens (tertiary/aromatic N) is 5. The zero-order valence-electron chi connectivity index (χ0n) is 13.0. The van der Waals surface area contributed by atoms with Gasteiger partial charge in [-0.1, -0.05) is 18.2 Å². The molecule has 0 spiro atoms. The van der Waals surface area contributed by atoms with Crippen molar-refractivity contribution in [2.24, 2.45) is 5.41 Å². The van der Waals surface area contributed by atoms with Gasteiger partial charge < -0.3 is 4.90 Å². The van der Waals surface area contributed by atoms with Gasteiger partial charge in [0.15, 0.2) is 5.41 Å². The van der Waals surface area contributed by atoms with Crippen LogP contribution in [0.2, 0.25) is 0 Å². The highest BCUT2D eigenvalue weighted by Crippen LogP contribution is 2.47. The van der Waals surface area contributed by atoms with Gasteiger partial charge in [-0.15, -0.1) is 0 Å². The molecule has 4 rings (SSSR count). The number of hydrogen-bond donors (Lipinski definition) is 0. The first kappa shape index (κ1) is 13.8. The Morgan fingerprint density at radius 1 is 1.22 bits per heavy atom. The van der Waals surface area contributed by atoms with E-state index in [1.165, 1.54) is 0 Å². The first-order valence-corrected chi connectivity index (χ1v) is 7.93. The molecule has 1 aromatic heterocycles. The van der Waals surface area contributed by atoms with Crippen molar-refractivity contribution in [1.29, 1.82) is 10.5 Å². The average molecular weight is 303 g/mol. The molecule has 0 aliphatic carbocycles. The summed E-state index contributed by atoms with van der Waals surface area (Å²) in [5.74, 6) is 1.07. The summed E-state index contributed by atoms with van der Waals surface area (Å²) in [6, 6.07) is 14.6. The minimum atomic E-state index is -0.960. The maximum Gasteiger partial charge on any atom is 0.168 e. The number of anilines is 1. The Morgan fingerprint density at radius 3 is 2.65 bits per heavy atom. The van der Waals surface area contributed by atoms with Crippen molar-refractivity contribution in [3.8, 4) is 17.8 Å². The molecule has 0 N–H and O–H groups in total. The Labute approximate surface area is 135 Å². The molecule has 0 bridgehead atoms. The van der Waals surface area contributed by atoms with Gasteiger partial charge in [-0.3, -0.25) is 0 Å². The van der Waals surface area contributed by atoms with Crippen molar-refractivity contribution in [1.82, 2.24) is 9.78 Å². The number of hydrogen-bond acceptors (Lipinski definition) is 4. The number of benzene rings is 1. The van der Waals surface area contributed by atoms with Crippen molar-refractivity contribution in [2.75, 3.05) is 11.4 Å². The van der Waals surface area contributed by atoms with E-state index in [4.69, 9.17) is 5.10 Å². The lowest BCUT2D eigenvalue weighted by atomic mass is 9.74. The van der Waals surface area contributed by atoms with Gasteiger partial charge in [-0.2, -0.15) is 15.6 Å². The summed E-state index contributed by atoms with van der Waals surface area (Å²) in [5, 5.41) is 24.1. The maximum atomic E-state index is 9.70. The summed E-state index contributed by atoms with van der Waals surface area (Å²) in [7, 11) is 0. The van der Waals surface area contributed by atoms with E-state index in [1.807, 2.05) is 41.9 Å². The van der Waals surface area contributed by atoms with Crippen LogP contribution >= 0.6 is 0 Å². The normalized spacial score (nSPS) is 21.2. The Bertz CT molecular complexity index is 823. The van der Waals surface area contributed by atoms with Crippen LogP contribution in [0.25, 0.3) is 5.69 Å². The molecule has 1 aromatic carbocycles. The Balaban J connectivity index is 1.94. The van der Waals surface area contributed by atoms with Crippen molar-refractivity contribution in [3.63, 3.8) is 0 Å². The lowest BCUT2D eigenvalue weighted by molar-refractivity contribution is 0.383. The summed E-state index contributed by atoms with van der Waals surface area (Å²) in [6.07, 6.45) is 2.36. The third-order valence-electron chi connectivity index (χ3n) is 5.11. The van der Waals surface area contributed by atoms with E-state index in [9.17, 15) is 10.5 Å². The number of rotatable bonds is 1. The van der Waals surface area contributed by atoms with Crippen LogP contribution in [0.1, 0.15) is 24.1 Å². The van der Waals surface area contributed by atoms with Gasteiger partial charge in [0.2, 0.25) is 0 Å². The first-order chi connectivity index (χ1) is 11.2. The molecule has 2 aromatic rings. The van der Waals surface area contributed by atoms with Gasteiger partial charge in [0.05, 0.1) is 29.6 Å². The van der Waals surface area contributed by atoms with Crippen LogP contribution in [0.5, 0.6) is 0 Å². The van der Waals surface area contributed by atoms with Crippen LogP contribution in [0.4, 0.5) is 5.82 Å². The fourth-order valence-corrected chi connectivity index (χ4v) is 3.98. The van der Waals surface area contributed by atoms with Gasteiger partial charge >= 0.3 is 0 Å². The van der Waals surface area contributed by atoms with Crippen LogP contribution in [-0.4, -0.2) is 22.4 Å². The van der Waals surface area contributed by atoms with E-state index in [2.05, 4.69) is 17.0 Å².